The van der Waals surface area contributed by atoms with Gasteiger partial charge in [-0.05, 0) is 38.0 Å². The monoisotopic (exact) mass is 250 g/mol. The van der Waals surface area contributed by atoms with Crippen molar-refractivity contribution in [1.29, 1.82) is 5.41 Å². The summed E-state index contributed by atoms with van der Waals surface area (Å²) < 4.78 is 0. The molecule has 0 aromatic heterocycles. The molecule has 0 radical (unpaired) electrons. The maximum atomic E-state index is 8.47. The quantitative estimate of drug-likeness (QED) is 0.581. The van der Waals surface area contributed by atoms with Gasteiger partial charge in [-0.2, -0.15) is 0 Å². The highest BCUT2D eigenvalue weighted by Gasteiger charge is 2.24. The van der Waals surface area contributed by atoms with Crippen LogP contribution >= 0.6 is 0 Å². The molecule has 1 heterocycles. The van der Waals surface area contributed by atoms with Crippen molar-refractivity contribution < 1.29 is 0 Å². The SMILES string of the molecule is CCCC1CCCN(C(=N)C2CCCCC2)CC1. The molecule has 2 rings (SSSR count). The fraction of sp³-hybridized carbons (Fsp3) is 0.938. The molecule has 0 aromatic carbocycles. The van der Waals surface area contributed by atoms with Crippen LogP contribution in [-0.2, 0) is 0 Å². The van der Waals surface area contributed by atoms with Gasteiger partial charge < -0.3 is 4.90 Å². The number of likely N-dealkylation sites (tertiary alicyclic amines) is 1. The number of hydrogen-bond donors (Lipinski definition) is 1. The van der Waals surface area contributed by atoms with Crippen LogP contribution in [0.25, 0.3) is 0 Å². The number of amidine groups is 1. The van der Waals surface area contributed by atoms with Gasteiger partial charge in [-0.25, -0.2) is 0 Å². The number of rotatable bonds is 3. The van der Waals surface area contributed by atoms with Crippen LogP contribution in [0.15, 0.2) is 0 Å². The van der Waals surface area contributed by atoms with E-state index in [0.29, 0.717) is 5.92 Å². The molecule has 2 heteroatoms. The van der Waals surface area contributed by atoms with E-state index in [1.165, 1.54) is 64.2 Å². The molecule has 2 nitrogen and oxygen atoms in total. The van der Waals surface area contributed by atoms with Gasteiger partial charge in [0.15, 0.2) is 0 Å². The Labute approximate surface area is 113 Å². The molecule has 0 aromatic rings. The zero-order valence-corrected chi connectivity index (χ0v) is 12.1. The molecule has 0 amide bonds. The lowest BCUT2D eigenvalue weighted by molar-refractivity contribution is 0.352. The molecule has 0 bridgehead atoms. The van der Waals surface area contributed by atoms with Gasteiger partial charge in [0.05, 0.1) is 5.84 Å². The van der Waals surface area contributed by atoms with Crippen LogP contribution in [0.5, 0.6) is 0 Å². The molecule has 2 aliphatic rings. The Bertz CT molecular complexity index is 256. The Balaban J connectivity index is 1.82. The van der Waals surface area contributed by atoms with Crippen molar-refractivity contribution in [2.24, 2.45) is 11.8 Å². The second kappa shape index (κ2) is 7.16. The summed E-state index contributed by atoms with van der Waals surface area (Å²) in [6, 6.07) is 0. The second-order valence-corrected chi connectivity index (χ2v) is 6.29. The first-order valence-corrected chi connectivity index (χ1v) is 8.14. The third-order valence-corrected chi connectivity index (χ3v) is 4.88. The van der Waals surface area contributed by atoms with Gasteiger partial charge in [-0.1, -0.05) is 39.0 Å². The Kier molecular flexibility index (Phi) is 5.52. The van der Waals surface area contributed by atoms with Gasteiger partial charge >= 0.3 is 0 Å². The normalized spacial score (nSPS) is 26.9. The summed E-state index contributed by atoms with van der Waals surface area (Å²) in [6.07, 6.45) is 13.4. The van der Waals surface area contributed by atoms with E-state index in [2.05, 4.69) is 11.8 Å². The largest absolute Gasteiger partial charge is 0.360 e. The van der Waals surface area contributed by atoms with E-state index in [1.807, 2.05) is 0 Å². The molecule has 1 saturated carbocycles. The lowest BCUT2D eigenvalue weighted by Gasteiger charge is -2.31. The zero-order chi connectivity index (χ0) is 12.8. The molecule has 1 aliphatic carbocycles. The van der Waals surface area contributed by atoms with E-state index in [4.69, 9.17) is 5.41 Å². The first-order chi connectivity index (χ1) is 8.81. The highest BCUT2D eigenvalue weighted by Crippen LogP contribution is 2.28. The van der Waals surface area contributed by atoms with Crippen LogP contribution < -0.4 is 0 Å². The summed E-state index contributed by atoms with van der Waals surface area (Å²) >= 11 is 0. The molecule has 0 spiro atoms. The van der Waals surface area contributed by atoms with Crippen molar-refractivity contribution in [2.75, 3.05) is 13.1 Å². The van der Waals surface area contributed by atoms with Crippen LogP contribution in [0, 0.1) is 17.2 Å². The molecular weight excluding hydrogens is 220 g/mol. The lowest BCUT2D eigenvalue weighted by atomic mass is 9.88. The minimum absolute atomic E-state index is 0.585. The summed E-state index contributed by atoms with van der Waals surface area (Å²) in [5.41, 5.74) is 0. The number of nitrogens with one attached hydrogen (secondary N) is 1. The highest BCUT2D eigenvalue weighted by molar-refractivity contribution is 5.81. The summed E-state index contributed by atoms with van der Waals surface area (Å²) in [7, 11) is 0. The van der Waals surface area contributed by atoms with Crippen LogP contribution in [-0.4, -0.2) is 23.8 Å². The van der Waals surface area contributed by atoms with Crippen molar-refractivity contribution in [1.82, 2.24) is 4.90 Å². The average Bonchev–Trinajstić information content (AvgIpc) is 2.65. The third-order valence-electron chi connectivity index (χ3n) is 4.88. The van der Waals surface area contributed by atoms with E-state index in [1.54, 1.807) is 0 Å². The molecular formula is C16H30N2. The highest BCUT2D eigenvalue weighted by atomic mass is 15.2. The standard InChI is InChI=1S/C16H30N2/c1-2-7-14-8-6-12-18(13-11-14)16(17)15-9-4-3-5-10-15/h14-15,17H,2-13H2,1H3. The predicted octanol–water partition coefficient (Wildman–Crippen LogP) is 4.45. The van der Waals surface area contributed by atoms with Crippen LogP contribution in [0.4, 0.5) is 0 Å². The van der Waals surface area contributed by atoms with Crippen molar-refractivity contribution in [2.45, 2.75) is 71.1 Å². The van der Waals surface area contributed by atoms with Gasteiger partial charge in [0, 0.05) is 19.0 Å². The van der Waals surface area contributed by atoms with Crippen molar-refractivity contribution >= 4 is 5.84 Å². The van der Waals surface area contributed by atoms with E-state index in [-0.39, 0.29) is 0 Å². The second-order valence-electron chi connectivity index (χ2n) is 6.29. The smallest absolute Gasteiger partial charge is 0.0989 e. The minimum atomic E-state index is 0.585. The van der Waals surface area contributed by atoms with E-state index < -0.39 is 0 Å². The van der Waals surface area contributed by atoms with Crippen LogP contribution in [0.3, 0.4) is 0 Å². The first-order valence-electron chi connectivity index (χ1n) is 8.14. The summed E-state index contributed by atoms with van der Waals surface area (Å²) in [6.45, 7) is 4.60. The maximum Gasteiger partial charge on any atom is 0.0989 e. The van der Waals surface area contributed by atoms with Crippen LogP contribution in [0.1, 0.15) is 71.1 Å². The van der Waals surface area contributed by atoms with Crippen molar-refractivity contribution in [3.63, 3.8) is 0 Å². The fourth-order valence-corrected chi connectivity index (χ4v) is 3.74. The molecule has 1 unspecified atom stereocenters. The summed E-state index contributed by atoms with van der Waals surface area (Å²) in [5.74, 6) is 2.49. The van der Waals surface area contributed by atoms with Crippen LogP contribution in [0.2, 0.25) is 0 Å². The third kappa shape index (κ3) is 3.73. The fourth-order valence-electron chi connectivity index (χ4n) is 3.74. The van der Waals surface area contributed by atoms with E-state index in [0.717, 1.165) is 24.8 Å². The van der Waals surface area contributed by atoms with Gasteiger partial charge in [-0.15, -0.1) is 0 Å². The summed E-state index contributed by atoms with van der Waals surface area (Å²) in [4.78, 5) is 2.41. The van der Waals surface area contributed by atoms with Gasteiger partial charge in [0.2, 0.25) is 0 Å². The van der Waals surface area contributed by atoms with E-state index in [9.17, 15) is 0 Å². The molecule has 2 fully saturated rings. The Morgan fingerprint density at radius 3 is 2.50 bits per heavy atom. The molecule has 104 valence electrons. The summed E-state index contributed by atoms with van der Waals surface area (Å²) in [5, 5.41) is 8.47. The topological polar surface area (TPSA) is 27.1 Å². The van der Waals surface area contributed by atoms with Crippen molar-refractivity contribution in [3.8, 4) is 0 Å². The van der Waals surface area contributed by atoms with Gasteiger partial charge in [0.1, 0.15) is 0 Å². The Morgan fingerprint density at radius 2 is 1.78 bits per heavy atom. The first kappa shape index (κ1) is 13.9. The van der Waals surface area contributed by atoms with Crippen molar-refractivity contribution in [3.05, 3.63) is 0 Å². The number of hydrogen-bond acceptors (Lipinski definition) is 1. The van der Waals surface area contributed by atoms with Gasteiger partial charge in [-0.3, -0.25) is 5.41 Å². The molecule has 1 atom stereocenters. The Morgan fingerprint density at radius 1 is 1.00 bits per heavy atom. The maximum absolute atomic E-state index is 8.47. The number of nitrogens with zero attached hydrogens (tertiary/aromatic N) is 1. The molecule has 1 N–H and O–H groups in total. The zero-order valence-electron chi connectivity index (χ0n) is 12.1. The lowest BCUT2D eigenvalue weighted by Crippen LogP contribution is -2.37. The molecule has 18 heavy (non-hydrogen) atoms. The Hall–Kier alpha value is -0.530. The molecule has 1 aliphatic heterocycles. The predicted molar refractivity (Wildman–Crippen MR) is 78.1 cm³/mol. The average molecular weight is 250 g/mol. The minimum Gasteiger partial charge on any atom is -0.360 e. The van der Waals surface area contributed by atoms with E-state index >= 15 is 0 Å². The van der Waals surface area contributed by atoms with Gasteiger partial charge in [0.25, 0.3) is 0 Å². The molecule has 1 saturated heterocycles.